The summed E-state index contributed by atoms with van der Waals surface area (Å²) in [5, 5.41) is 3.70. The lowest BCUT2D eigenvalue weighted by atomic mass is 9.99. The minimum Gasteiger partial charge on any atom is -0.497 e. The zero-order valence-corrected chi connectivity index (χ0v) is 19.9. The van der Waals surface area contributed by atoms with Crippen molar-refractivity contribution >= 4 is 32.7 Å². The van der Waals surface area contributed by atoms with Gasteiger partial charge in [-0.05, 0) is 53.8 Å². The van der Waals surface area contributed by atoms with Gasteiger partial charge in [0.05, 0.1) is 39.2 Å². The molecule has 0 bridgehead atoms. The van der Waals surface area contributed by atoms with Crippen LogP contribution in [0.5, 0.6) is 28.7 Å². The molecule has 0 radical (unpaired) electrons. The average molecular weight is 459 g/mol. The van der Waals surface area contributed by atoms with E-state index < -0.39 is 0 Å². The minimum absolute atomic E-state index is 0.389. The predicted octanol–water partition coefficient (Wildman–Crippen LogP) is 6.66. The zero-order chi connectivity index (χ0) is 23.8. The normalized spacial score (nSPS) is 11.2. The quantitative estimate of drug-likeness (QED) is 0.272. The highest BCUT2D eigenvalue weighted by Gasteiger charge is 2.23. The third-order valence-electron chi connectivity index (χ3n) is 6.17. The van der Waals surface area contributed by atoms with Crippen molar-refractivity contribution in [1.29, 1.82) is 0 Å². The van der Waals surface area contributed by atoms with E-state index in [9.17, 15) is 0 Å². The Bertz CT molecular complexity index is 1500. The van der Waals surface area contributed by atoms with E-state index >= 15 is 0 Å². The molecule has 0 saturated heterocycles. The monoisotopic (exact) mass is 458 g/mol. The molecule has 0 amide bonds. The summed E-state index contributed by atoms with van der Waals surface area (Å²) in [7, 11) is 6.58. The molecular weight excluding hydrogens is 432 g/mol. The number of ether oxygens (including phenoxy) is 5. The van der Waals surface area contributed by atoms with Gasteiger partial charge in [-0.1, -0.05) is 12.1 Å². The highest BCUT2D eigenvalue weighted by Crippen LogP contribution is 2.48. The second-order valence-corrected chi connectivity index (χ2v) is 8.01. The van der Waals surface area contributed by atoms with Crippen LogP contribution in [0.4, 0.5) is 0 Å². The lowest BCUT2D eigenvalue weighted by Gasteiger charge is -2.15. The van der Waals surface area contributed by atoms with Gasteiger partial charge in [0.1, 0.15) is 46.5 Å². The lowest BCUT2D eigenvalue weighted by molar-refractivity contribution is 0.308. The summed E-state index contributed by atoms with van der Waals surface area (Å²) in [5.74, 6) is 3.64. The number of hydrogen-bond donors (Lipinski definition) is 0. The predicted molar refractivity (Wildman–Crippen MR) is 133 cm³/mol. The average Bonchev–Trinajstić information content (AvgIpc) is 3.27. The first-order valence-electron chi connectivity index (χ1n) is 10.9. The van der Waals surface area contributed by atoms with E-state index in [1.54, 1.807) is 28.4 Å². The van der Waals surface area contributed by atoms with Gasteiger partial charge in [-0.15, -0.1) is 0 Å². The van der Waals surface area contributed by atoms with Crippen molar-refractivity contribution in [3.8, 4) is 28.7 Å². The summed E-state index contributed by atoms with van der Waals surface area (Å²) in [6.07, 6.45) is 0. The highest BCUT2D eigenvalue weighted by molar-refractivity contribution is 6.21. The molecule has 5 aromatic rings. The summed E-state index contributed by atoms with van der Waals surface area (Å²) in [6, 6.07) is 17.5. The number of rotatable bonds is 7. The van der Waals surface area contributed by atoms with Crippen molar-refractivity contribution in [2.75, 3.05) is 28.4 Å². The maximum absolute atomic E-state index is 6.49. The van der Waals surface area contributed by atoms with Crippen LogP contribution in [0.15, 0.2) is 59.0 Å². The smallest absolute Gasteiger partial charge is 0.147 e. The fourth-order valence-corrected chi connectivity index (χ4v) is 4.38. The molecule has 0 N–H and O–H groups in total. The molecule has 0 saturated carbocycles. The van der Waals surface area contributed by atoms with Crippen molar-refractivity contribution < 1.29 is 28.1 Å². The molecule has 0 unspecified atom stereocenters. The van der Waals surface area contributed by atoms with E-state index in [4.69, 9.17) is 28.1 Å². The van der Waals surface area contributed by atoms with Crippen molar-refractivity contribution in [1.82, 2.24) is 0 Å². The summed E-state index contributed by atoms with van der Waals surface area (Å²) >= 11 is 0. The first-order valence-corrected chi connectivity index (χ1v) is 10.9. The van der Waals surface area contributed by atoms with Crippen molar-refractivity contribution in [3.63, 3.8) is 0 Å². The van der Waals surface area contributed by atoms with Crippen LogP contribution < -0.4 is 23.7 Å². The van der Waals surface area contributed by atoms with E-state index in [0.717, 1.165) is 55.5 Å². The molecule has 0 fully saturated rings. The maximum atomic E-state index is 6.49. The van der Waals surface area contributed by atoms with Crippen LogP contribution in [0.2, 0.25) is 0 Å². The Labute approximate surface area is 197 Å². The second kappa shape index (κ2) is 8.71. The molecule has 5 rings (SSSR count). The highest BCUT2D eigenvalue weighted by atomic mass is 16.5. The van der Waals surface area contributed by atoms with Crippen LogP contribution in [-0.4, -0.2) is 28.4 Å². The Morgan fingerprint density at radius 1 is 0.676 bits per heavy atom. The van der Waals surface area contributed by atoms with Gasteiger partial charge >= 0.3 is 0 Å². The van der Waals surface area contributed by atoms with Crippen LogP contribution in [0.1, 0.15) is 11.1 Å². The Morgan fingerprint density at radius 3 is 2.06 bits per heavy atom. The number of methoxy groups -OCH3 is 4. The molecule has 0 atom stereocenters. The Balaban J connectivity index is 1.78. The fraction of sp³-hybridized carbons (Fsp3) is 0.214. The largest absolute Gasteiger partial charge is 0.497 e. The Kier molecular flexibility index (Phi) is 5.57. The van der Waals surface area contributed by atoms with E-state index in [1.165, 1.54) is 0 Å². The van der Waals surface area contributed by atoms with Crippen LogP contribution in [-0.2, 0) is 6.61 Å². The van der Waals surface area contributed by atoms with Gasteiger partial charge in [-0.3, -0.25) is 0 Å². The van der Waals surface area contributed by atoms with Gasteiger partial charge in [0.25, 0.3) is 0 Å². The first kappa shape index (κ1) is 21.8. The molecule has 6 nitrogen and oxygen atoms in total. The molecular formula is C28H26O6. The molecule has 0 aliphatic heterocycles. The van der Waals surface area contributed by atoms with Gasteiger partial charge in [0.2, 0.25) is 0 Å². The Hall–Kier alpha value is -4.06. The van der Waals surface area contributed by atoms with Gasteiger partial charge < -0.3 is 28.1 Å². The third-order valence-corrected chi connectivity index (χ3v) is 6.17. The van der Waals surface area contributed by atoms with Crippen molar-refractivity contribution in [3.05, 3.63) is 65.7 Å². The molecule has 4 aromatic carbocycles. The fourth-order valence-electron chi connectivity index (χ4n) is 4.38. The van der Waals surface area contributed by atoms with Crippen molar-refractivity contribution in [2.24, 2.45) is 0 Å². The van der Waals surface area contributed by atoms with Crippen LogP contribution >= 0.6 is 0 Å². The SMILES string of the molecule is COc1ccc(COc2c(C)c3cc(OC)ccc3c3oc4cc(OC)cc(OC)c4c23)cc1. The lowest BCUT2D eigenvalue weighted by Crippen LogP contribution is -1.99. The summed E-state index contributed by atoms with van der Waals surface area (Å²) in [5.41, 5.74) is 3.42. The van der Waals surface area contributed by atoms with E-state index in [0.29, 0.717) is 23.7 Å². The number of hydrogen-bond acceptors (Lipinski definition) is 6. The molecule has 0 aliphatic carbocycles. The third kappa shape index (κ3) is 3.52. The minimum atomic E-state index is 0.389. The number of furan rings is 1. The molecule has 0 spiro atoms. The molecule has 1 aromatic heterocycles. The summed E-state index contributed by atoms with van der Waals surface area (Å²) < 4.78 is 34.8. The topological polar surface area (TPSA) is 59.3 Å². The summed E-state index contributed by atoms with van der Waals surface area (Å²) in [4.78, 5) is 0. The van der Waals surface area contributed by atoms with Crippen LogP contribution in [0, 0.1) is 6.92 Å². The maximum Gasteiger partial charge on any atom is 0.147 e. The number of benzene rings is 4. The van der Waals surface area contributed by atoms with E-state index in [-0.39, 0.29) is 0 Å². The van der Waals surface area contributed by atoms with Crippen LogP contribution in [0.25, 0.3) is 32.7 Å². The van der Waals surface area contributed by atoms with Crippen LogP contribution in [0.3, 0.4) is 0 Å². The molecule has 0 aliphatic rings. The second-order valence-electron chi connectivity index (χ2n) is 8.01. The number of aryl methyl sites for hydroxylation is 1. The van der Waals surface area contributed by atoms with Gasteiger partial charge in [-0.25, -0.2) is 0 Å². The van der Waals surface area contributed by atoms with E-state index in [2.05, 4.69) is 6.92 Å². The molecule has 1 heterocycles. The molecule has 6 heteroatoms. The Morgan fingerprint density at radius 2 is 1.38 bits per heavy atom. The van der Waals surface area contributed by atoms with Gasteiger partial charge in [0, 0.05) is 17.5 Å². The van der Waals surface area contributed by atoms with Gasteiger partial charge in [0.15, 0.2) is 0 Å². The molecule has 174 valence electrons. The first-order chi connectivity index (χ1) is 16.6. The molecule has 34 heavy (non-hydrogen) atoms. The van der Waals surface area contributed by atoms with Gasteiger partial charge in [-0.2, -0.15) is 0 Å². The van der Waals surface area contributed by atoms with E-state index in [1.807, 2.05) is 54.6 Å². The van der Waals surface area contributed by atoms with Crippen molar-refractivity contribution in [2.45, 2.75) is 13.5 Å². The summed E-state index contributed by atoms with van der Waals surface area (Å²) in [6.45, 7) is 2.44. The zero-order valence-electron chi connectivity index (χ0n) is 19.9. The number of fused-ring (bicyclic) bond motifs is 5. The standard InChI is InChI=1S/C28H26O6/c1-16-22-12-19(30-3)10-11-21(22)28-26(25-23(32-5)13-20(31-4)14-24(25)34-28)27(16)33-15-17-6-8-18(29-2)9-7-17/h6-14H,15H2,1-5H3.